The number of carbonyl (C=O) groups is 1. The largest absolute Gasteiger partial charge is 0.367 e. The second-order valence-corrected chi connectivity index (χ2v) is 6.14. The molecule has 19 heavy (non-hydrogen) atoms. The first-order valence-corrected chi connectivity index (χ1v) is 7.27. The Kier molecular flexibility index (Phi) is 4.81. The van der Waals surface area contributed by atoms with Gasteiger partial charge in [0.15, 0.2) is 0 Å². The maximum Gasteiger partial charge on any atom is 0.251 e. The molecule has 5 nitrogen and oxygen atoms in total. The average Bonchev–Trinajstić information content (AvgIpc) is 2.87. The van der Waals surface area contributed by atoms with Crippen LogP contribution in [-0.2, 0) is 14.3 Å². The normalized spacial score (nSPS) is 28.4. The van der Waals surface area contributed by atoms with Gasteiger partial charge in [0.2, 0.25) is 0 Å². The van der Waals surface area contributed by atoms with Gasteiger partial charge in [-0.25, -0.2) is 0 Å². The van der Waals surface area contributed by atoms with Gasteiger partial charge in [-0.15, -0.1) is 0 Å². The third kappa shape index (κ3) is 4.16. The molecule has 1 N–H and O–H groups in total. The molecule has 0 aromatic carbocycles. The van der Waals surface area contributed by atoms with Gasteiger partial charge in [-0.05, 0) is 33.6 Å². The molecule has 0 aromatic heterocycles. The second-order valence-electron chi connectivity index (χ2n) is 6.14. The molecule has 2 saturated heterocycles. The van der Waals surface area contributed by atoms with E-state index in [-0.39, 0.29) is 23.7 Å². The molecule has 2 atom stereocenters. The standard InChI is InChI=1S/C14H26N2O3/c1-11(13(17)16-6-4-5-7-16)18-9-12-8-15-10-14(2,3)19-12/h11-12,15H,4-10H2,1-3H3. The highest BCUT2D eigenvalue weighted by atomic mass is 16.6. The van der Waals surface area contributed by atoms with E-state index >= 15 is 0 Å². The van der Waals surface area contributed by atoms with Crippen LogP contribution in [0.25, 0.3) is 0 Å². The van der Waals surface area contributed by atoms with Crippen molar-refractivity contribution < 1.29 is 14.3 Å². The van der Waals surface area contributed by atoms with Gasteiger partial charge in [-0.3, -0.25) is 4.79 Å². The Bertz CT molecular complexity index is 314. The van der Waals surface area contributed by atoms with Gasteiger partial charge in [0.05, 0.1) is 18.3 Å². The minimum Gasteiger partial charge on any atom is -0.367 e. The lowest BCUT2D eigenvalue weighted by Gasteiger charge is -2.36. The van der Waals surface area contributed by atoms with Crippen molar-refractivity contribution >= 4 is 5.91 Å². The minimum atomic E-state index is -0.369. The molecule has 2 heterocycles. The third-order valence-electron chi connectivity index (χ3n) is 3.71. The summed E-state index contributed by atoms with van der Waals surface area (Å²) in [5, 5.41) is 3.33. The van der Waals surface area contributed by atoms with Gasteiger partial charge >= 0.3 is 0 Å². The van der Waals surface area contributed by atoms with Crippen LogP contribution in [-0.4, -0.2) is 61.4 Å². The number of hydrogen-bond donors (Lipinski definition) is 1. The SMILES string of the molecule is CC(OCC1CNCC(C)(C)O1)C(=O)N1CCCC1. The van der Waals surface area contributed by atoms with Crippen LogP contribution in [0.5, 0.6) is 0 Å². The van der Waals surface area contributed by atoms with Crippen molar-refractivity contribution in [3.63, 3.8) is 0 Å². The van der Waals surface area contributed by atoms with Gasteiger partial charge in [-0.2, -0.15) is 0 Å². The smallest absolute Gasteiger partial charge is 0.251 e. The van der Waals surface area contributed by atoms with Crippen molar-refractivity contribution in [1.82, 2.24) is 10.2 Å². The molecule has 0 bridgehead atoms. The van der Waals surface area contributed by atoms with Crippen molar-refractivity contribution in [3.05, 3.63) is 0 Å². The zero-order valence-electron chi connectivity index (χ0n) is 12.3. The predicted molar refractivity (Wildman–Crippen MR) is 73.0 cm³/mol. The quantitative estimate of drug-likeness (QED) is 0.820. The van der Waals surface area contributed by atoms with Crippen LogP contribution >= 0.6 is 0 Å². The van der Waals surface area contributed by atoms with Crippen LogP contribution in [0, 0.1) is 0 Å². The van der Waals surface area contributed by atoms with E-state index in [4.69, 9.17) is 9.47 Å². The maximum absolute atomic E-state index is 12.1. The maximum atomic E-state index is 12.1. The summed E-state index contributed by atoms with van der Waals surface area (Å²) in [5.41, 5.74) is -0.158. The first-order valence-electron chi connectivity index (χ1n) is 7.27. The number of hydrogen-bond acceptors (Lipinski definition) is 4. The molecular formula is C14H26N2O3. The molecule has 5 heteroatoms. The first-order chi connectivity index (χ1) is 8.98. The van der Waals surface area contributed by atoms with Gasteiger partial charge < -0.3 is 19.7 Å². The van der Waals surface area contributed by atoms with Crippen molar-refractivity contribution in [3.8, 4) is 0 Å². The summed E-state index contributed by atoms with van der Waals surface area (Å²) < 4.78 is 11.6. The van der Waals surface area contributed by atoms with Crippen molar-refractivity contribution in [1.29, 1.82) is 0 Å². The Morgan fingerprint density at radius 2 is 2.16 bits per heavy atom. The van der Waals surface area contributed by atoms with Gasteiger partial charge in [0.25, 0.3) is 5.91 Å². The fraction of sp³-hybridized carbons (Fsp3) is 0.929. The molecule has 2 aliphatic heterocycles. The Hall–Kier alpha value is -0.650. The van der Waals surface area contributed by atoms with Crippen LogP contribution < -0.4 is 5.32 Å². The molecule has 2 rings (SSSR count). The van der Waals surface area contributed by atoms with Gasteiger partial charge in [-0.1, -0.05) is 0 Å². The molecule has 0 aromatic rings. The number of morpholine rings is 1. The van der Waals surface area contributed by atoms with Crippen LogP contribution in [0.4, 0.5) is 0 Å². The molecule has 2 aliphatic rings. The molecule has 1 amide bonds. The highest BCUT2D eigenvalue weighted by molar-refractivity contribution is 5.80. The van der Waals surface area contributed by atoms with Crippen LogP contribution in [0.2, 0.25) is 0 Å². The van der Waals surface area contributed by atoms with E-state index in [1.165, 1.54) is 0 Å². The summed E-state index contributed by atoms with van der Waals surface area (Å²) in [4.78, 5) is 14.0. The minimum absolute atomic E-state index is 0.0255. The highest BCUT2D eigenvalue weighted by Crippen LogP contribution is 2.16. The number of nitrogens with zero attached hydrogens (tertiary/aromatic N) is 1. The lowest BCUT2D eigenvalue weighted by molar-refractivity contribution is -0.152. The Labute approximate surface area is 115 Å². The lowest BCUT2D eigenvalue weighted by atomic mass is 10.1. The number of amides is 1. The number of rotatable bonds is 4. The molecule has 2 unspecified atom stereocenters. The zero-order valence-corrected chi connectivity index (χ0v) is 12.3. The monoisotopic (exact) mass is 270 g/mol. The average molecular weight is 270 g/mol. The molecule has 110 valence electrons. The molecule has 0 spiro atoms. The Balaban J connectivity index is 1.73. The van der Waals surface area contributed by atoms with Crippen molar-refractivity contribution in [2.24, 2.45) is 0 Å². The Morgan fingerprint density at radius 3 is 2.79 bits per heavy atom. The Morgan fingerprint density at radius 1 is 1.47 bits per heavy atom. The molecule has 2 fully saturated rings. The number of nitrogens with one attached hydrogen (secondary N) is 1. The molecule has 0 saturated carbocycles. The fourth-order valence-electron chi connectivity index (χ4n) is 2.68. The summed E-state index contributed by atoms with van der Waals surface area (Å²) in [5.74, 6) is 0.112. The number of likely N-dealkylation sites (tertiary alicyclic amines) is 1. The van der Waals surface area contributed by atoms with Gasteiger partial charge in [0, 0.05) is 26.2 Å². The van der Waals surface area contributed by atoms with E-state index in [0.29, 0.717) is 6.61 Å². The van der Waals surface area contributed by atoms with E-state index in [0.717, 1.165) is 39.0 Å². The number of carbonyl (C=O) groups excluding carboxylic acids is 1. The van der Waals surface area contributed by atoms with Crippen LogP contribution in [0.3, 0.4) is 0 Å². The highest BCUT2D eigenvalue weighted by Gasteiger charge is 2.30. The zero-order chi connectivity index (χ0) is 13.9. The van der Waals surface area contributed by atoms with E-state index in [2.05, 4.69) is 19.2 Å². The summed E-state index contributed by atoms with van der Waals surface area (Å²) >= 11 is 0. The van der Waals surface area contributed by atoms with Gasteiger partial charge in [0.1, 0.15) is 6.10 Å². The summed E-state index contributed by atoms with van der Waals surface area (Å²) in [6, 6.07) is 0. The number of ether oxygens (including phenoxy) is 2. The topological polar surface area (TPSA) is 50.8 Å². The predicted octanol–water partition coefficient (Wildman–Crippen LogP) is 0.781. The summed E-state index contributed by atoms with van der Waals surface area (Å²) in [7, 11) is 0. The lowest BCUT2D eigenvalue weighted by Crippen LogP contribution is -2.52. The molecule has 0 radical (unpaired) electrons. The fourth-order valence-corrected chi connectivity index (χ4v) is 2.68. The van der Waals surface area contributed by atoms with E-state index in [1.807, 2.05) is 11.8 Å². The van der Waals surface area contributed by atoms with Crippen LogP contribution in [0.1, 0.15) is 33.6 Å². The van der Waals surface area contributed by atoms with E-state index in [9.17, 15) is 4.79 Å². The third-order valence-corrected chi connectivity index (χ3v) is 3.71. The van der Waals surface area contributed by atoms with E-state index < -0.39 is 0 Å². The van der Waals surface area contributed by atoms with Crippen molar-refractivity contribution in [2.75, 3.05) is 32.8 Å². The molecule has 0 aliphatic carbocycles. The van der Waals surface area contributed by atoms with E-state index in [1.54, 1.807) is 0 Å². The first kappa shape index (κ1) is 14.8. The van der Waals surface area contributed by atoms with Crippen LogP contribution in [0.15, 0.2) is 0 Å². The summed E-state index contributed by atoms with van der Waals surface area (Å²) in [6.07, 6.45) is 1.88. The second kappa shape index (κ2) is 6.20. The van der Waals surface area contributed by atoms with Crippen molar-refractivity contribution in [2.45, 2.75) is 51.4 Å². The summed E-state index contributed by atoms with van der Waals surface area (Å²) in [6.45, 7) is 9.82. The molecular weight excluding hydrogens is 244 g/mol.